The SMILES string of the molecule is [N-]=[N+]=Nc1cc2cccc(Cl)c2oc1=O. The molecular formula is C9H4ClN3O2. The number of para-hydroxylation sites is 1. The predicted molar refractivity (Wildman–Crippen MR) is 56.3 cm³/mol. The lowest BCUT2D eigenvalue weighted by atomic mass is 10.2. The second kappa shape index (κ2) is 3.65. The fraction of sp³-hybridized carbons (Fsp3) is 0. The minimum absolute atomic E-state index is 0.0766. The predicted octanol–water partition coefficient (Wildman–Crippen LogP) is 3.39. The quantitative estimate of drug-likeness (QED) is 0.320. The lowest BCUT2D eigenvalue weighted by molar-refractivity contribution is 0.562. The molecule has 0 atom stereocenters. The van der Waals surface area contributed by atoms with Gasteiger partial charge in [0.05, 0.1) is 5.02 Å². The summed E-state index contributed by atoms with van der Waals surface area (Å²) in [6, 6.07) is 6.47. The Morgan fingerprint density at radius 2 is 2.27 bits per heavy atom. The van der Waals surface area contributed by atoms with Crippen molar-refractivity contribution >= 4 is 28.3 Å². The van der Waals surface area contributed by atoms with E-state index in [2.05, 4.69) is 10.0 Å². The van der Waals surface area contributed by atoms with Gasteiger partial charge < -0.3 is 4.42 Å². The summed E-state index contributed by atoms with van der Waals surface area (Å²) in [5.74, 6) is 0. The van der Waals surface area contributed by atoms with Gasteiger partial charge in [-0.15, -0.1) is 0 Å². The molecule has 1 heterocycles. The molecular weight excluding hydrogens is 218 g/mol. The molecule has 0 saturated heterocycles. The number of benzene rings is 1. The highest BCUT2D eigenvalue weighted by Crippen LogP contribution is 2.24. The van der Waals surface area contributed by atoms with Gasteiger partial charge in [0, 0.05) is 10.3 Å². The van der Waals surface area contributed by atoms with Gasteiger partial charge in [-0.25, -0.2) is 4.79 Å². The molecule has 0 fully saturated rings. The van der Waals surface area contributed by atoms with Gasteiger partial charge in [0.2, 0.25) is 0 Å². The number of hydrogen-bond acceptors (Lipinski definition) is 3. The van der Waals surface area contributed by atoms with E-state index in [-0.39, 0.29) is 5.69 Å². The van der Waals surface area contributed by atoms with E-state index in [0.29, 0.717) is 16.0 Å². The van der Waals surface area contributed by atoms with E-state index in [9.17, 15) is 4.79 Å². The molecule has 1 aromatic heterocycles. The molecule has 15 heavy (non-hydrogen) atoms. The number of halogens is 1. The average molecular weight is 222 g/mol. The van der Waals surface area contributed by atoms with Gasteiger partial charge in [0.1, 0.15) is 5.69 Å². The Bertz CT molecular complexity index is 629. The topological polar surface area (TPSA) is 79.0 Å². The first kappa shape index (κ1) is 9.58. The Morgan fingerprint density at radius 3 is 3.00 bits per heavy atom. The highest BCUT2D eigenvalue weighted by atomic mass is 35.5. The maximum Gasteiger partial charge on any atom is 0.345 e. The molecule has 0 bridgehead atoms. The normalized spacial score (nSPS) is 9.93. The highest BCUT2D eigenvalue weighted by Gasteiger charge is 2.05. The zero-order valence-electron chi connectivity index (χ0n) is 7.35. The van der Waals surface area contributed by atoms with Crippen molar-refractivity contribution < 1.29 is 4.42 Å². The number of rotatable bonds is 1. The van der Waals surface area contributed by atoms with Crippen molar-refractivity contribution in [2.45, 2.75) is 0 Å². The van der Waals surface area contributed by atoms with Crippen molar-refractivity contribution in [2.75, 3.05) is 0 Å². The molecule has 0 unspecified atom stereocenters. The monoisotopic (exact) mass is 221 g/mol. The van der Waals surface area contributed by atoms with E-state index in [1.165, 1.54) is 6.07 Å². The Balaban J connectivity index is 2.88. The molecule has 0 spiro atoms. The van der Waals surface area contributed by atoms with E-state index in [0.717, 1.165) is 0 Å². The summed E-state index contributed by atoms with van der Waals surface area (Å²) in [5.41, 5.74) is 7.74. The number of hydrogen-bond donors (Lipinski definition) is 0. The van der Waals surface area contributed by atoms with Crippen LogP contribution in [0.3, 0.4) is 0 Å². The van der Waals surface area contributed by atoms with Crippen LogP contribution in [0.4, 0.5) is 5.69 Å². The molecule has 0 saturated carbocycles. The molecule has 74 valence electrons. The van der Waals surface area contributed by atoms with Gasteiger partial charge in [0.15, 0.2) is 5.58 Å². The fourth-order valence-electron chi connectivity index (χ4n) is 1.22. The van der Waals surface area contributed by atoms with Crippen LogP contribution in [0.1, 0.15) is 0 Å². The lowest BCUT2D eigenvalue weighted by Gasteiger charge is -1.98. The largest absolute Gasteiger partial charge is 0.421 e. The van der Waals surface area contributed by atoms with Gasteiger partial charge in [-0.2, -0.15) is 0 Å². The smallest absolute Gasteiger partial charge is 0.345 e. The summed E-state index contributed by atoms with van der Waals surface area (Å²) in [4.78, 5) is 13.8. The minimum Gasteiger partial charge on any atom is -0.421 e. The maximum absolute atomic E-state index is 11.3. The van der Waals surface area contributed by atoms with Crippen LogP contribution in [-0.2, 0) is 0 Å². The second-order valence-electron chi connectivity index (χ2n) is 2.77. The van der Waals surface area contributed by atoms with E-state index >= 15 is 0 Å². The number of azide groups is 1. The summed E-state index contributed by atoms with van der Waals surface area (Å²) in [6.07, 6.45) is 0. The van der Waals surface area contributed by atoms with Gasteiger partial charge in [0.25, 0.3) is 0 Å². The Labute approximate surface area is 88.5 Å². The standard InChI is InChI=1S/C9H4ClN3O2/c10-6-3-1-2-5-4-7(12-13-11)9(14)15-8(5)6/h1-4H. The van der Waals surface area contributed by atoms with E-state index in [1.807, 2.05) is 0 Å². The first-order chi connectivity index (χ1) is 7.22. The molecule has 1 aromatic carbocycles. The van der Waals surface area contributed by atoms with Gasteiger partial charge in [-0.1, -0.05) is 28.8 Å². The van der Waals surface area contributed by atoms with Crippen LogP contribution in [0, 0.1) is 0 Å². The Kier molecular flexibility index (Phi) is 2.33. The zero-order chi connectivity index (χ0) is 10.8. The van der Waals surface area contributed by atoms with Crippen molar-refractivity contribution in [1.29, 1.82) is 0 Å². The van der Waals surface area contributed by atoms with Crippen molar-refractivity contribution in [3.63, 3.8) is 0 Å². The highest BCUT2D eigenvalue weighted by molar-refractivity contribution is 6.34. The number of nitrogens with zero attached hydrogens (tertiary/aromatic N) is 3. The van der Waals surface area contributed by atoms with Crippen LogP contribution in [0.15, 0.2) is 38.6 Å². The second-order valence-corrected chi connectivity index (χ2v) is 3.17. The first-order valence-corrected chi connectivity index (χ1v) is 4.37. The summed E-state index contributed by atoms with van der Waals surface area (Å²) < 4.78 is 4.92. The third-order valence-corrected chi connectivity index (χ3v) is 2.14. The summed E-state index contributed by atoms with van der Waals surface area (Å²) in [6.45, 7) is 0. The summed E-state index contributed by atoms with van der Waals surface area (Å²) in [7, 11) is 0. The third-order valence-electron chi connectivity index (χ3n) is 1.85. The molecule has 2 aromatic rings. The lowest BCUT2D eigenvalue weighted by Crippen LogP contribution is -1.97. The molecule has 0 radical (unpaired) electrons. The van der Waals surface area contributed by atoms with Crippen LogP contribution in [0.2, 0.25) is 5.02 Å². The fourth-order valence-corrected chi connectivity index (χ4v) is 1.44. The average Bonchev–Trinajstić information content (AvgIpc) is 2.21. The van der Waals surface area contributed by atoms with Crippen molar-refractivity contribution in [3.05, 3.63) is 50.2 Å². The van der Waals surface area contributed by atoms with Gasteiger partial charge in [-0.3, -0.25) is 0 Å². The first-order valence-electron chi connectivity index (χ1n) is 4.00. The molecule has 0 aliphatic heterocycles. The Hall–Kier alpha value is -1.97. The molecule has 0 amide bonds. The van der Waals surface area contributed by atoms with Gasteiger partial charge >= 0.3 is 5.63 Å². The van der Waals surface area contributed by atoms with E-state index < -0.39 is 5.63 Å². The molecule has 2 rings (SSSR count). The van der Waals surface area contributed by atoms with Crippen LogP contribution >= 0.6 is 11.6 Å². The molecule has 5 nitrogen and oxygen atoms in total. The summed E-state index contributed by atoms with van der Waals surface area (Å²) in [5, 5.41) is 4.18. The number of fused-ring (bicyclic) bond motifs is 1. The van der Waals surface area contributed by atoms with E-state index in [1.54, 1.807) is 18.2 Å². The molecule has 0 aliphatic carbocycles. The molecule has 0 N–H and O–H groups in total. The van der Waals surface area contributed by atoms with Crippen molar-refractivity contribution in [1.82, 2.24) is 0 Å². The van der Waals surface area contributed by atoms with Crippen LogP contribution in [-0.4, -0.2) is 0 Å². The van der Waals surface area contributed by atoms with Gasteiger partial charge in [-0.05, 0) is 17.7 Å². The van der Waals surface area contributed by atoms with Crippen LogP contribution < -0.4 is 5.63 Å². The maximum atomic E-state index is 11.3. The molecule has 6 heteroatoms. The van der Waals surface area contributed by atoms with Crippen LogP contribution in [0.25, 0.3) is 21.4 Å². The third kappa shape index (κ3) is 1.66. The van der Waals surface area contributed by atoms with Crippen molar-refractivity contribution in [3.8, 4) is 0 Å². The van der Waals surface area contributed by atoms with Crippen molar-refractivity contribution in [2.24, 2.45) is 5.11 Å². The van der Waals surface area contributed by atoms with E-state index in [4.69, 9.17) is 21.5 Å². The Morgan fingerprint density at radius 1 is 1.47 bits per heavy atom. The minimum atomic E-state index is -0.701. The zero-order valence-corrected chi connectivity index (χ0v) is 8.10. The van der Waals surface area contributed by atoms with Crippen LogP contribution in [0.5, 0.6) is 0 Å². The molecule has 0 aliphatic rings. The summed E-state index contributed by atoms with van der Waals surface area (Å²) >= 11 is 5.82.